The normalized spacial score (nSPS) is 12.9. The minimum absolute atomic E-state index is 0.308. The van der Waals surface area contributed by atoms with Crippen molar-refractivity contribution in [2.24, 2.45) is 0 Å². The number of hydrogen-bond donors (Lipinski definition) is 1. The quantitative estimate of drug-likeness (QED) is 0.621. The Kier molecular flexibility index (Phi) is 5.76. The zero-order valence-corrected chi connectivity index (χ0v) is 17.0. The molecule has 27 heavy (non-hydrogen) atoms. The highest BCUT2D eigenvalue weighted by atomic mass is 32.1. The van der Waals surface area contributed by atoms with Gasteiger partial charge in [0, 0.05) is 13.1 Å². The number of benzene rings is 1. The van der Waals surface area contributed by atoms with Crippen LogP contribution in [-0.2, 0) is 22.4 Å². The summed E-state index contributed by atoms with van der Waals surface area (Å²) in [7, 11) is 2.61. The second kappa shape index (κ2) is 8.06. The van der Waals surface area contributed by atoms with E-state index in [9.17, 15) is 9.59 Å². The van der Waals surface area contributed by atoms with Gasteiger partial charge in [-0.05, 0) is 42.3 Å². The molecule has 1 aromatic heterocycles. The van der Waals surface area contributed by atoms with Crippen molar-refractivity contribution in [2.45, 2.75) is 19.9 Å². The summed E-state index contributed by atoms with van der Waals surface area (Å²) < 4.78 is 9.68. The summed E-state index contributed by atoms with van der Waals surface area (Å²) in [4.78, 5) is 26.6. The standard InChI is InChI=1S/C19H20N2O4S2/c1-11-14(17(22)24-2)16(27-15(11)18(23)25-3)20-19(26)21-9-8-12-6-4-5-7-13(12)10-21/h4-7H,8-10H2,1-3H3,(H,20,26). The van der Waals surface area contributed by atoms with E-state index in [2.05, 4.69) is 17.4 Å². The lowest BCUT2D eigenvalue weighted by atomic mass is 10.0. The maximum Gasteiger partial charge on any atom is 0.348 e. The van der Waals surface area contributed by atoms with Crippen molar-refractivity contribution in [1.82, 2.24) is 4.90 Å². The van der Waals surface area contributed by atoms with E-state index in [1.165, 1.54) is 25.3 Å². The number of anilines is 1. The zero-order valence-electron chi connectivity index (χ0n) is 15.3. The molecule has 0 fully saturated rings. The largest absolute Gasteiger partial charge is 0.465 e. The second-order valence-electron chi connectivity index (χ2n) is 6.11. The first-order valence-electron chi connectivity index (χ1n) is 8.39. The maximum atomic E-state index is 12.2. The molecule has 1 N–H and O–H groups in total. The maximum absolute atomic E-state index is 12.2. The lowest BCUT2D eigenvalue weighted by Crippen LogP contribution is -2.38. The fourth-order valence-corrected chi connectivity index (χ4v) is 4.52. The summed E-state index contributed by atoms with van der Waals surface area (Å²) in [5, 5.41) is 4.13. The highest BCUT2D eigenvalue weighted by Gasteiger charge is 2.27. The van der Waals surface area contributed by atoms with Gasteiger partial charge in [0.2, 0.25) is 0 Å². The van der Waals surface area contributed by atoms with E-state index < -0.39 is 11.9 Å². The molecule has 0 radical (unpaired) electrons. The molecule has 1 aliphatic heterocycles. The van der Waals surface area contributed by atoms with Gasteiger partial charge in [-0.2, -0.15) is 0 Å². The van der Waals surface area contributed by atoms with Crippen LogP contribution in [0.3, 0.4) is 0 Å². The molecular weight excluding hydrogens is 384 g/mol. The molecule has 0 amide bonds. The van der Waals surface area contributed by atoms with E-state index in [0.29, 0.717) is 32.7 Å². The highest BCUT2D eigenvalue weighted by molar-refractivity contribution is 7.80. The highest BCUT2D eigenvalue weighted by Crippen LogP contribution is 2.34. The predicted octanol–water partition coefficient (Wildman–Crippen LogP) is 3.38. The topological polar surface area (TPSA) is 67.9 Å². The molecule has 0 saturated heterocycles. The Morgan fingerprint density at radius 3 is 2.48 bits per heavy atom. The van der Waals surface area contributed by atoms with Crippen LogP contribution in [0.25, 0.3) is 0 Å². The number of esters is 2. The van der Waals surface area contributed by atoms with Crippen LogP contribution in [0, 0.1) is 6.92 Å². The summed E-state index contributed by atoms with van der Waals surface area (Å²) in [5.74, 6) is -1.01. The summed E-state index contributed by atoms with van der Waals surface area (Å²) in [6.07, 6.45) is 0.902. The molecule has 142 valence electrons. The van der Waals surface area contributed by atoms with Gasteiger partial charge in [0.05, 0.1) is 19.8 Å². The zero-order chi connectivity index (χ0) is 19.6. The van der Waals surface area contributed by atoms with Crippen LogP contribution in [0.5, 0.6) is 0 Å². The molecule has 0 aliphatic carbocycles. The Bertz CT molecular complexity index is 907. The Labute approximate surface area is 167 Å². The minimum Gasteiger partial charge on any atom is -0.465 e. The Hall–Kier alpha value is -2.45. The fraction of sp³-hybridized carbons (Fsp3) is 0.316. The molecule has 0 saturated carbocycles. The molecule has 8 heteroatoms. The van der Waals surface area contributed by atoms with Crippen LogP contribution in [0.4, 0.5) is 5.00 Å². The molecule has 2 aromatic rings. The molecule has 6 nitrogen and oxygen atoms in total. The van der Waals surface area contributed by atoms with Crippen LogP contribution < -0.4 is 5.32 Å². The van der Waals surface area contributed by atoms with Gasteiger partial charge in [0.25, 0.3) is 0 Å². The van der Waals surface area contributed by atoms with Gasteiger partial charge in [0.15, 0.2) is 5.11 Å². The van der Waals surface area contributed by atoms with Crippen LogP contribution in [0.15, 0.2) is 24.3 Å². The Balaban J connectivity index is 1.85. The van der Waals surface area contributed by atoms with Gasteiger partial charge in [0.1, 0.15) is 9.88 Å². The molecule has 0 bridgehead atoms. The summed E-state index contributed by atoms with van der Waals surface area (Å²) >= 11 is 6.71. The SMILES string of the molecule is COC(=O)c1sc(NC(=S)N2CCc3ccccc3C2)c(C(=O)OC)c1C. The van der Waals surface area contributed by atoms with E-state index >= 15 is 0 Å². The number of methoxy groups -OCH3 is 2. The first kappa shape index (κ1) is 19.3. The summed E-state index contributed by atoms with van der Waals surface area (Å²) in [6.45, 7) is 3.18. The fourth-order valence-electron chi connectivity index (χ4n) is 3.08. The number of ether oxygens (including phenoxy) is 2. The van der Waals surface area contributed by atoms with Crippen LogP contribution in [0.2, 0.25) is 0 Å². The van der Waals surface area contributed by atoms with E-state index in [1.54, 1.807) is 6.92 Å². The van der Waals surface area contributed by atoms with Crippen molar-refractivity contribution in [2.75, 3.05) is 26.1 Å². The van der Waals surface area contributed by atoms with E-state index in [0.717, 1.165) is 24.3 Å². The van der Waals surface area contributed by atoms with Crippen LogP contribution in [-0.4, -0.2) is 42.7 Å². The number of nitrogens with one attached hydrogen (secondary N) is 1. The third-order valence-electron chi connectivity index (χ3n) is 4.55. The molecule has 0 spiro atoms. The van der Waals surface area contributed by atoms with E-state index in [4.69, 9.17) is 21.7 Å². The molecule has 1 aromatic carbocycles. The van der Waals surface area contributed by atoms with Crippen molar-refractivity contribution < 1.29 is 19.1 Å². The van der Waals surface area contributed by atoms with Crippen molar-refractivity contribution in [3.8, 4) is 0 Å². The number of fused-ring (bicyclic) bond motifs is 1. The number of thiophene rings is 1. The number of thiocarbonyl (C=S) groups is 1. The molecule has 2 heterocycles. The molecule has 0 atom stereocenters. The van der Waals surface area contributed by atoms with Gasteiger partial charge < -0.3 is 19.7 Å². The first-order valence-corrected chi connectivity index (χ1v) is 9.61. The van der Waals surface area contributed by atoms with Gasteiger partial charge >= 0.3 is 11.9 Å². The summed E-state index contributed by atoms with van der Waals surface area (Å²) in [5.41, 5.74) is 3.39. The molecule has 1 aliphatic rings. The average Bonchev–Trinajstić information content (AvgIpc) is 3.02. The van der Waals surface area contributed by atoms with Crippen molar-refractivity contribution >= 4 is 45.6 Å². The number of nitrogens with zero attached hydrogens (tertiary/aromatic N) is 1. The number of carbonyl (C=O) groups excluding carboxylic acids is 2. The molecule has 3 rings (SSSR count). The van der Waals surface area contributed by atoms with E-state index in [-0.39, 0.29) is 0 Å². The number of rotatable bonds is 3. The molecule has 0 unspecified atom stereocenters. The lowest BCUT2D eigenvalue weighted by molar-refractivity contribution is 0.0601. The Morgan fingerprint density at radius 2 is 1.81 bits per heavy atom. The average molecular weight is 405 g/mol. The monoisotopic (exact) mass is 404 g/mol. The Morgan fingerprint density at radius 1 is 1.15 bits per heavy atom. The smallest absolute Gasteiger partial charge is 0.348 e. The van der Waals surface area contributed by atoms with Crippen molar-refractivity contribution in [1.29, 1.82) is 0 Å². The molecular formula is C19H20N2O4S2. The minimum atomic E-state index is -0.520. The van der Waals surface area contributed by atoms with Gasteiger partial charge in [-0.25, -0.2) is 9.59 Å². The lowest BCUT2D eigenvalue weighted by Gasteiger charge is -2.31. The van der Waals surface area contributed by atoms with Crippen LogP contribution in [0.1, 0.15) is 36.7 Å². The summed E-state index contributed by atoms with van der Waals surface area (Å²) in [6, 6.07) is 8.27. The first-order chi connectivity index (χ1) is 13.0. The van der Waals surface area contributed by atoms with Gasteiger partial charge in [-0.3, -0.25) is 0 Å². The van der Waals surface area contributed by atoms with Crippen molar-refractivity contribution in [3.63, 3.8) is 0 Å². The van der Waals surface area contributed by atoms with Crippen molar-refractivity contribution in [3.05, 3.63) is 51.4 Å². The predicted molar refractivity (Wildman–Crippen MR) is 109 cm³/mol. The third kappa shape index (κ3) is 3.81. The van der Waals surface area contributed by atoms with Gasteiger partial charge in [-0.1, -0.05) is 24.3 Å². The van der Waals surface area contributed by atoms with Gasteiger partial charge in [-0.15, -0.1) is 11.3 Å². The third-order valence-corrected chi connectivity index (χ3v) is 6.09. The number of carbonyl (C=O) groups is 2. The second-order valence-corrected chi connectivity index (χ2v) is 7.52. The number of hydrogen-bond acceptors (Lipinski definition) is 6. The van der Waals surface area contributed by atoms with Crippen LogP contribution >= 0.6 is 23.6 Å². The van der Waals surface area contributed by atoms with E-state index in [1.807, 2.05) is 17.0 Å².